The Labute approximate surface area is 351 Å². The van der Waals surface area contributed by atoms with Gasteiger partial charge in [0.1, 0.15) is 0 Å². The van der Waals surface area contributed by atoms with Crippen LogP contribution in [0.2, 0.25) is 0 Å². The van der Waals surface area contributed by atoms with Crippen molar-refractivity contribution < 1.29 is 0 Å². The molecule has 1 spiro atoms. The number of nitrogens with zero attached hydrogens (tertiary/aromatic N) is 1. The molecule has 1 nitrogen and oxygen atoms in total. The van der Waals surface area contributed by atoms with Crippen molar-refractivity contribution in [1.82, 2.24) is 0 Å². The lowest BCUT2D eigenvalue weighted by molar-refractivity contribution is 0.776. The van der Waals surface area contributed by atoms with Gasteiger partial charge in [0.2, 0.25) is 0 Å². The van der Waals surface area contributed by atoms with Gasteiger partial charge in [-0.1, -0.05) is 200 Å². The van der Waals surface area contributed by atoms with Gasteiger partial charge >= 0.3 is 0 Å². The van der Waals surface area contributed by atoms with Gasteiger partial charge in [0.15, 0.2) is 0 Å². The van der Waals surface area contributed by atoms with Gasteiger partial charge in [0.25, 0.3) is 0 Å². The highest BCUT2D eigenvalue weighted by molar-refractivity contribution is 6.06. The molecule has 12 rings (SSSR count). The maximum Gasteiger partial charge on any atom is 0.0725 e. The summed E-state index contributed by atoms with van der Waals surface area (Å²) in [6.45, 7) is 0. The molecule has 1 heteroatoms. The first-order valence-electron chi connectivity index (χ1n) is 20.8. The summed E-state index contributed by atoms with van der Waals surface area (Å²) in [6.07, 6.45) is 0. The van der Waals surface area contributed by atoms with Gasteiger partial charge in [-0.15, -0.1) is 0 Å². The van der Waals surface area contributed by atoms with Crippen LogP contribution in [0.3, 0.4) is 0 Å². The maximum absolute atomic E-state index is 2.45. The lowest BCUT2D eigenvalue weighted by Gasteiger charge is -2.36. The Balaban J connectivity index is 1.07. The summed E-state index contributed by atoms with van der Waals surface area (Å²) in [5, 5.41) is 2.56. The minimum absolute atomic E-state index is 0.547. The molecule has 2 aliphatic carbocycles. The molecule has 0 saturated carbocycles. The molecule has 0 N–H and O–H groups in total. The molecule has 0 aliphatic heterocycles. The van der Waals surface area contributed by atoms with Crippen molar-refractivity contribution in [3.05, 3.63) is 259 Å². The number of rotatable bonds is 5. The first kappa shape index (κ1) is 34.3. The van der Waals surface area contributed by atoms with Crippen LogP contribution in [0.5, 0.6) is 0 Å². The first-order chi connectivity index (χ1) is 29.8. The monoisotopic (exact) mass is 761 g/mol. The molecule has 0 saturated heterocycles. The Morgan fingerprint density at radius 2 is 0.717 bits per heavy atom. The van der Waals surface area contributed by atoms with E-state index in [1.165, 1.54) is 88.7 Å². The Morgan fingerprint density at radius 3 is 1.42 bits per heavy atom. The zero-order chi connectivity index (χ0) is 39.6. The number of anilines is 3. The summed E-state index contributed by atoms with van der Waals surface area (Å²) < 4.78 is 0. The molecule has 0 fully saturated rings. The predicted molar refractivity (Wildman–Crippen MR) is 251 cm³/mol. The molecule has 1 atom stereocenters. The molecule has 0 heterocycles. The van der Waals surface area contributed by atoms with E-state index in [1.54, 1.807) is 0 Å². The summed E-state index contributed by atoms with van der Waals surface area (Å²) >= 11 is 0. The summed E-state index contributed by atoms with van der Waals surface area (Å²) in [4.78, 5) is 2.40. The molecule has 0 amide bonds. The van der Waals surface area contributed by atoms with E-state index in [9.17, 15) is 0 Å². The Hall–Kier alpha value is -7.74. The van der Waals surface area contributed by atoms with Crippen LogP contribution in [-0.4, -0.2) is 0 Å². The highest BCUT2D eigenvalue weighted by Gasteiger charge is 2.50. The summed E-state index contributed by atoms with van der Waals surface area (Å²) in [5.74, 6) is 0. The van der Waals surface area contributed by atoms with E-state index in [2.05, 4.69) is 241 Å². The molecule has 1 unspecified atom stereocenters. The lowest BCUT2D eigenvalue weighted by atomic mass is 9.65. The van der Waals surface area contributed by atoms with E-state index in [0.29, 0.717) is 0 Å². The topological polar surface area (TPSA) is 3.24 Å². The van der Waals surface area contributed by atoms with Crippen molar-refractivity contribution in [3.8, 4) is 55.6 Å². The summed E-state index contributed by atoms with van der Waals surface area (Å²) in [6, 6.07) is 87.4. The van der Waals surface area contributed by atoms with E-state index < -0.39 is 5.41 Å². The van der Waals surface area contributed by atoms with Crippen LogP contribution in [0.15, 0.2) is 237 Å². The highest BCUT2D eigenvalue weighted by atomic mass is 15.1. The normalized spacial score (nSPS) is 14.4. The third-order valence-corrected chi connectivity index (χ3v) is 12.9. The summed E-state index contributed by atoms with van der Waals surface area (Å²) in [7, 11) is 0. The molecule has 10 aromatic carbocycles. The molecule has 60 heavy (non-hydrogen) atoms. The fourth-order valence-corrected chi connectivity index (χ4v) is 10.3. The maximum atomic E-state index is 2.45. The van der Waals surface area contributed by atoms with E-state index in [0.717, 1.165) is 17.1 Å². The van der Waals surface area contributed by atoms with Crippen molar-refractivity contribution in [2.75, 3.05) is 4.90 Å². The third-order valence-electron chi connectivity index (χ3n) is 12.9. The van der Waals surface area contributed by atoms with Gasteiger partial charge in [0.05, 0.1) is 5.41 Å². The fourth-order valence-electron chi connectivity index (χ4n) is 10.3. The predicted octanol–water partition coefficient (Wildman–Crippen LogP) is 15.7. The lowest BCUT2D eigenvalue weighted by Crippen LogP contribution is -2.29. The summed E-state index contributed by atoms with van der Waals surface area (Å²) in [5.41, 5.74) is 20.6. The zero-order valence-electron chi connectivity index (χ0n) is 33.0. The van der Waals surface area contributed by atoms with Crippen LogP contribution in [0.25, 0.3) is 66.4 Å². The number of para-hydroxylation sites is 1. The van der Waals surface area contributed by atoms with Crippen LogP contribution in [-0.2, 0) is 5.41 Å². The van der Waals surface area contributed by atoms with Gasteiger partial charge in [-0.05, 0) is 125 Å². The van der Waals surface area contributed by atoms with Crippen molar-refractivity contribution in [1.29, 1.82) is 0 Å². The molecule has 0 aromatic heterocycles. The van der Waals surface area contributed by atoms with E-state index >= 15 is 0 Å². The number of benzene rings is 10. The van der Waals surface area contributed by atoms with Gasteiger partial charge in [-0.2, -0.15) is 0 Å². The van der Waals surface area contributed by atoms with Gasteiger partial charge < -0.3 is 4.90 Å². The fraction of sp³-hybridized carbons (Fsp3) is 0.0169. The molecule has 0 bridgehead atoms. The van der Waals surface area contributed by atoms with Gasteiger partial charge in [-0.3, -0.25) is 0 Å². The number of hydrogen-bond donors (Lipinski definition) is 0. The van der Waals surface area contributed by atoms with Crippen LogP contribution in [0.1, 0.15) is 22.3 Å². The Bertz CT molecular complexity index is 3240. The Kier molecular flexibility index (Phi) is 7.83. The first-order valence-corrected chi connectivity index (χ1v) is 20.8. The average molecular weight is 762 g/mol. The number of hydrogen-bond acceptors (Lipinski definition) is 1. The molecular formula is C59H39N. The Morgan fingerprint density at radius 1 is 0.267 bits per heavy atom. The SMILES string of the molecule is c1ccc(-c2ccc(-c3ccc(N(c4ccccc4)c4ccc5c(c4)-c4ccccc4-c4ccccc4C54c5ccccc5-c5c4ccc4ccccc54)cc3)cc2)cc1. The van der Waals surface area contributed by atoms with Crippen LogP contribution in [0, 0.1) is 0 Å². The van der Waals surface area contributed by atoms with Crippen LogP contribution in [0.4, 0.5) is 17.1 Å². The van der Waals surface area contributed by atoms with Crippen LogP contribution < -0.4 is 4.90 Å². The molecule has 10 aromatic rings. The molecule has 2 aliphatic rings. The minimum atomic E-state index is -0.547. The second-order valence-corrected chi connectivity index (χ2v) is 16.0. The van der Waals surface area contributed by atoms with Crippen molar-refractivity contribution in [2.24, 2.45) is 0 Å². The third kappa shape index (κ3) is 5.13. The standard InChI is InChI=1S/C59H39N/c1-3-15-40(16-4-1)41-27-29-42(30-28-41)43-31-34-46(35-32-43)60(45-18-5-2-6-19-45)47-36-38-56-53(39-47)50-22-10-9-21-49(50)51-23-11-13-25-54(51)59(56)55-26-14-12-24-52(55)58-48-20-8-7-17-44(48)33-37-57(58)59/h1-39H. The molecule has 0 radical (unpaired) electrons. The van der Waals surface area contributed by atoms with Gasteiger partial charge in [-0.25, -0.2) is 0 Å². The molecular weight excluding hydrogens is 723 g/mol. The second-order valence-electron chi connectivity index (χ2n) is 16.0. The average Bonchev–Trinajstić information content (AvgIpc) is 3.58. The quantitative estimate of drug-likeness (QED) is 0.169. The second kappa shape index (κ2) is 13.7. The van der Waals surface area contributed by atoms with Crippen molar-refractivity contribution in [2.45, 2.75) is 5.41 Å². The largest absolute Gasteiger partial charge is 0.310 e. The van der Waals surface area contributed by atoms with E-state index in [1.807, 2.05) is 0 Å². The molecule has 280 valence electrons. The van der Waals surface area contributed by atoms with E-state index in [-0.39, 0.29) is 0 Å². The van der Waals surface area contributed by atoms with Crippen molar-refractivity contribution >= 4 is 27.8 Å². The number of fused-ring (bicyclic) bond motifs is 14. The van der Waals surface area contributed by atoms with E-state index in [4.69, 9.17) is 0 Å². The smallest absolute Gasteiger partial charge is 0.0725 e. The van der Waals surface area contributed by atoms with Crippen molar-refractivity contribution in [3.63, 3.8) is 0 Å². The van der Waals surface area contributed by atoms with Crippen LogP contribution >= 0.6 is 0 Å². The van der Waals surface area contributed by atoms with Gasteiger partial charge in [0, 0.05) is 17.1 Å². The zero-order valence-corrected chi connectivity index (χ0v) is 33.0. The highest BCUT2D eigenvalue weighted by Crippen LogP contribution is 2.63. The minimum Gasteiger partial charge on any atom is -0.310 e.